The highest BCUT2D eigenvalue weighted by Crippen LogP contribution is 2.23. The molecule has 1 aliphatic heterocycles. The van der Waals surface area contributed by atoms with Crippen LogP contribution in [0.5, 0.6) is 0 Å². The summed E-state index contributed by atoms with van der Waals surface area (Å²) in [6.45, 7) is 3.66. The first-order valence-electron chi connectivity index (χ1n) is 26.0. The fourth-order valence-electron chi connectivity index (χ4n) is 7.93. The molecule has 6 N–H and O–H groups in total. The smallest absolute Gasteiger partial charge is 0.220 e. The monoisotopic (exact) mass is 888 g/mol. The van der Waals surface area contributed by atoms with E-state index in [1.165, 1.54) is 141 Å². The van der Waals surface area contributed by atoms with Crippen LogP contribution in [-0.4, -0.2) is 87.5 Å². The van der Waals surface area contributed by atoms with E-state index >= 15 is 0 Å². The number of rotatable bonds is 43. The van der Waals surface area contributed by atoms with Crippen LogP contribution >= 0.6 is 0 Å². The molecular weight excluding hydrogens is 791 g/mol. The lowest BCUT2D eigenvalue weighted by atomic mass is 9.99. The van der Waals surface area contributed by atoms with Gasteiger partial charge in [0.05, 0.1) is 25.4 Å². The lowest BCUT2D eigenvalue weighted by Crippen LogP contribution is -2.60. The van der Waals surface area contributed by atoms with Gasteiger partial charge in [0.15, 0.2) is 6.29 Å². The number of aliphatic hydroxyl groups excluding tert-OH is 5. The Morgan fingerprint density at radius 1 is 0.556 bits per heavy atom. The first-order valence-corrected chi connectivity index (χ1v) is 26.0. The molecule has 63 heavy (non-hydrogen) atoms. The van der Waals surface area contributed by atoms with Crippen molar-refractivity contribution in [2.45, 2.75) is 262 Å². The van der Waals surface area contributed by atoms with Crippen LogP contribution in [0.1, 0.15) is 219 Å². The summed E-state index contributed by atoms with van der Waals surface area (Å²) in [5.41, 5.74) is 0. The normalized spacial score (nSPS) is 20.7. The Hall–Kier alpha value is -2.11. The second kappa shape index (κ2) is 43.8. The molecule has 1 fully saturated rings. The first-order chi connectivity index (χ1) is 30.8. The van der Waals surface area contributed by atoms with Gasteiger partial charge in [0.2, 0.25) is 5.91 Å². The zero-order chi connectivity index (χ0) is 45.9. The van der Waals surface area contributed by atoms with Crippen molar-refractivity contribution in [3.8, 4) is 0 Å². The molecule has 0 aromatic carbocycles. The fourth-order valence-corrected chi connectivity index (χ4v) is 7.93. The number of carbonyl (C=O) groups excluding carboxylic acids is 1. The summed E-state index contributed by atoms with van der Waals surface area (Å²) in [4.78, 5) is 13.0. The number of aliphatic hydroxyl groups is 5. The van der Waals surface area contributed by atoms with Gasteiger partial charge in [-0.3, -0.25) is 4.79 Å². The molecule has 0 spiro atoms. The molecule has 7 atom stereocenters. The second-order valence-corrected chi connectivity index (χ2v) is 17.9. The summed E-state index contributed by atoms with van der Waals surface area (Å²) in [6.07, 6.45) is 51.3. The summed E-state index contributed by atoms with van der Waals surface area (Å²) in [5.74, 6) is -0.192. The molecular formula is C54H97NO8. The number of hydrogen-bond donors (Lipinski definition) is 6. The molecule has 366 valence electrons. The summed E-state index contributed by atoms with van der Waals surface area (Å²) in [6, 6.07) is -0.829. The van der Waals surface area contributed by atoms with Crippen molar-refractivity contribution in [2.24, 2.45) is 0 Å². The third-order valence-electron chi connectivity index (χ3n) is 12.1. The van der Waals surface area contributed by atoms with Gasteiger partial charge in [0.1, 0.15) is 24.4 Å². The molecule has 0 aromatic heterocycles. The number of allylic oxidation sites excluding steroid dienone is 9. The number of unbranched alkanes of at least 4 members (excludes halogenated alkanes) is 25. The molecule has 1 rings (SSSR count). The Morgan fingerprint density at radius 3 is 1.51 bits per heavy atom. The van der Waals surface area contributed by atoms with Gasteiger partial charge >= 0.3 is 0 Å². The van der Waals surface area contributed by atoms with E-state index in [1.54, 1.807) is 6.08 Å². The van der Waals surface area contributed by atoms with E-state index in [9.17, 15) is 30.3 Å². The number of ether oxygens (including phenoxy) is 2. The van der Waals surface area contributed by atoms with Crippen molar-refractivity contribution in [3.05, 3.63) is 60.8 Å². The summed E-state index contributed by atoms with van der Waals surface area (Å²) >= 11 is 0. The van der Waals surface area contributed by atoms with Crippen molar-refractivity contribution in [1.29, 1.82) is 0 Å². The van der Waals surface area contributed by atoms with E-state index in [-0.39, 0.29) is 12.5 Å². The average Bonchev–Trinajstić information content (AvgIpc) is 3.28. The Morgan fingerprint density at radius 2 is 1.00 bits per heavy atom. The molecule has 0 radical (unpaired) electrons. The van der Waals surface area contributed by atoms with Crippen LogP contribution < -0.4 is 5.32 Å². The molecule has 0 saturated carbocycles. The van der Waals surface area contributed by atoms with Crippen LogP contribution in [0.2, 0.25) is 0 Å². The van der Waals surface area contributed by atoms with Crippen LogP contribution in [0.25, 0.3) is 0 Å². The number of amides is 1. The predicted molar refractivity (Wildman–Crippen MR) is 262 cm³/mol. The van der Waals surface area contributed by atoms with Gasteiger partial charge in [-0.1, -0.05) is 203 Å². The van der Waals surface area contributed by atoms with Gasteiger partial charge < -0.3 is 40.3 Å². The molecule has 1 aliphatic rings. The van der Waals surface area contributed by atoms with Crippen molar-refractivity contribution < 1.29 is 39.8 Å². The van der Waals surface area contributed by atoms with Crippen LogP contribution in [0, 0.1) is 0 Å². The summed E-state index contributed by atoms with van der Waals surface area (Å²) in [5, 5.41) is 54.3. The Labute approximate surface area is 386 Å². The summed E-state index contributed by atoms with van der Waals surface area (Å²) < 4.78 is 11.2. The van der Waals surface area contributed by atoms with Gasteiger partial charge in [-0.2, -0.15) is 0 Å². The Balaban J connectivity index is 2.32. The molecule has 1 amide bonds. The standard InChI is InChI=1S/C54H97NO8/c1-3-5-7-9-11-13-15-17-19-21-23-24-26-28-30-32-34-36-38-40-42-44-50(58)55-47(46-62-54-53(61)52(60)51(59)49(45-56)63-54)48(57)43-41-39-37-35-33-31-29-27-25-22-20-18-16-14-12-10-8-6-4-2/h5,7,11,13,25,27,33,35,41,43,47-49,51-54,56-57,59-61H,3-4,6,8-10,12,14-24,26,28-32,34,36-40,42,44-46H2,1-2H3,(H,55,58)/b7-5-,13-11-,27-25+,35-33+,43-41+. The lowest BCUT2D eigenvalue weighted by Gasteiger charge is -2.40. The molecule has 0 aromatic rings. The maximum Gasteiger partial charge on any atom is 0.220 e. The Bertz CT molecular complexity index is 1170. The minimum Gasteiger partial charge on any atom is -0.394 e. The maximum atomic E-state index is 13.0. The quantitative estimate of drug-likeness (QED) is 0.0262. The minimum absolute atomic E-state index is 0.192. The van der Waals surface area contributed by atoms with Crippen molar-refractivity contribution in [1.82, 2.24) is 5.32 Å². The van der Waals surface area contributed by atoms with Gasteiger partial charge in [-0.05, 0) is 70.6 Å². The number of carbonyl (C=O) groups is 1. The number of nitrogens with one attached hydrogen (secondary N) is 1. The zero-order valence-electron chi connectivity index (χ0n) is 40.3. The lowest BCUT2D eigenvalue weighted by molar-refractivity contribution is -0.302. The van der Waals surface area contributed by atoms with Crippen molar-refractivity contribution in [2.75, 3.05) is 13.2 Å². The molecule has 9 nitrogen and oxygen atoms in total. The molecule has 1 saturated heterocycles. The van der Waals surface area contributed by atoms with E-state index in [4.69, 9.17) is 9.47 Å². The highest BCUT2D eigenvalue weighted by atomic mass is 16.7. The summed E-state index contributed by atoms with van der Waals surface area (Å²) in [7, 11) is 0. The number of hydrogen-bond acceptors (Lipinski definition) is 8. The van der Waals surface area contributed by atoms with Crippen LogP contribution in [-0.2, 0) is 14.3 Å². The van der Waals surface area contributed by atoms with E-state index in [0.717, 1.165) is 57.8 Å². The van der Waals surface area contributed by atoms with Gasteiger partial charge in [0.25, 0.3) is 0 Å². The zero-order valence-corrected chi connectivity index (χ0v) is 40.3. The third-order valence-corrected chi connectivity index (χ3v) is 12.1. The molecule has 9 heteroatoms. The van der Waals surface area contributed by atoms with E-state index in [2.05, 4.69) is 67.8 Å². The molecule has 0 bridgehead atoms. The van der Waals surface area contributed by atoms with Gasteiger partial charge in [0, 0.05) is 6.42 Å². The third kappa shape index (κ3) is 33.9. The predicted octanol–water partition coefficient (Wildman–Crippen LogP) is 12.0. The molecule has 0 aliphatic carbocycles. The van der Waals surface area contributed by atoms with E-state index in [0.29, 0.717) is 6.42 Å². The first kappa shape index (κ1) is 58.9. The SMILES string of the molecule is CC/C=C\C/C=C\CCCCCCCCCCCCCCCCC(=O)NC(COC1OC(CO)C(O)C(O)C1O)C(O)/C=C/CC/C=C/CC/C=C/CCCCCCCCCCC. The van der Waals surface area contributed by atoms with Crippen LogP contribution in [0.3, 0.4) is 0 Å². The van der Waals surface area contributed by atoms with Crippen LogP contribution in [0.4, 0.5) is 0 Å². The minimum atomic E-state index is -1.58. The van der Waals surface area contributed by atoms with E-state index in [1.807, 2.05) is 6.08 Å². The highest BCUT2D eigenvalue weighted by Gasteiger charge is 2.44. The van der Waals surface area contributed by atoms with Gasteiger partial charge in [-0.15, -0.1) is 0 Å². The van der Waals surface area contributed by atoms with E-state index < -0.39 is 49.5 Å². The molecule has 7 unspecified atom stereocenters. The topological polar surface area (TPSA) is 149 Å². The Kier molecular flexibility index (Phi) is 40.9. The maximum absolute atomic E-state index is 13.0. The highest BCUT2D eigenvalue weighted by molar-refractivity contribution is 5.76. The van der Waals surface area contributed by atoms with Gasteiger partial charge in [-0.25, -0.2) is 0 Å². The van der Waals surface area contributed by atoms with Crippen molar-refractivity contribution >= 4 is 5.91 Å². The molecule has 1 heterocycles. The van der Waals surface area contributed by atoms with Crippen molar-refractivity contribution in [3.63, 3.8) is 0 Å². The largest absolute Gasteiger partial charge is 0.394 e. The van der Waals surface area contributed by atoms with Crippen LogP contribution in [0.15, 0.2) is 60.8 Å². The second-order valence-electron chi connectivity index (χ2n) is 17.9. The average molecular weight is 888 g/mol. The fraction of sp³-hybridized carbons (Fsp3) is 0.796.